The minimum atomic E-state index is -0.398. The normalized spacial score (nSPS) is 21.3. The number of carbonyl (C=O) groups is 2. The number of nitrogens with one attached hydrogen (secondary N) is 1. The molecule has 2 unspecified atom stereocenters. The summed E-state index contributed by atoms with van der Waals surface area (Å²) in [5.41, 5.74) is 7.97. The SMILES string of the molecule is CCOC(=O)C1CN(CC2CN(c3ccc(C(=N)N)cc3)C(=O)O2)CCN1Cc1ccccc1. The minimum absolute atomic E-state index is 0.0176. The van der Waals surface area contributed by atoms with E-state index < -0.39 is 6.09 Å². The second kappa shape index (κ2) is 10.7. The van der Waals surface area contributed by atoms with E-state index in [4.69, 9.17) is 20.6 Å². The van der Waals surface area contributed by atoms with Crippen LogP contribution in [0.5, 0.6) is 0 Å². The van der Waals surface area contributed by atoms with Crippen molar-refractivity contribution in [3.05, 3.63) is 65.7 Å². The fourth-order valence-electron chi connectivity index (χ4n) is 4.45. The van der Waals surface area contributed by atoms with Gasteiger partial charge in [-0.15, -0.1) is 0 Å². The van der Waals surface area contributed by atoms with Crippen LogP contribution in [-0.2, 0) is 20.8 Å². The number of benzene rings is 2. The van der Waals surface area contributed by atoms with E-state index >= 15 is 0 Å². The molecule has 2 atom stereocenters. The Balaban J connectivity index is 1.38. The van der Waals surface area contributed by atoms with Crippen molar-refractivity contribution in [2.24, 2.45) is 5.73 Å². The number of hydrogen-bond acceptors (Lipinski definition) is 7. The van der Waals surface area contributed by atoms with Gasteiger partial charge in [-0.05, 0) is 36.8 Å². The fraction of sp³-hybridized carbons (Fsp3) is 0.400. The summed E-state index contributed by atoms with van der Waals surface area (Å²) in [5.74, 6) is -0.241. The molecule has 0 radical (unpaired) electrons. The zero-order valence-corrected chi connectivity index (χ0v) is 19.4. The molecule has 1 amide bonds. The number of cyclic esters (lactones) is 1. The molecule has 2 aliphatic heterocycles. The number of hydrogen-bond donors (Lipinski definition) is 2. The molecule has 9 nitrogen and oxygen atoms in total. The Hall–Kier alpha value is -3.43. The molecule has 3 N–H and O–H groups in total. The highest BCUT2D eigenvalue weighted by Crippen LogP contribution is 2.24. The molecule has 180 valence electrons. The van der Waals surface area contributed by atoms with Gasteiger partial charge in [0.05, 0.1) is 13.2 Å². The Morgan fingerprint density at radius 2 is 1.85 bits per heavy atom. The van der Waals surface area contributed by atoms with Crippen molar-refractivity contribution in [3.63, 3.8) is 0 Å². The summed E-state index contributed by atoms with van der Waals surface area (Å²) in [7, 11) is 0. The molecule has 2 saturated heterocycles. The van der Waals surface area contributed by atoms with Crippen LogP contribution in [0, 0.1) is 5.41 Å². The molecule has 0 aromatic heterocycles. The van der Waals surface area contributed by atoms with Gasteiger partial charge in [0.15, 0.2) is 0 Å². The Kier molecular flexibility index (Phi) is 7.44. The molecule has 2 aromatic carbocycles. The van der Waals surface area contributed by atoms with E-state index in [1.54, 1.807) is 29.2 Å². The standard InChI is InChI=1S/C25H31N5O4/c1-2-33-24(31)22-17-28(12-13-29(22)14-18-6-4-3-5-7-18)15-21-16-30(25(32)34-21)20-10-8-19(9-11-20)23(26)27/h3-11,21-22H,2,12-17H2,1H3,(H3,26,27). The first-order valence-electron chi connectivity index (χ1n) is 11.5. The van der Waals surface area contributed by atoms with Crippen molar-refractivity contribution in [1.82, 2.24) is 9.80 Å². The Labute approximate surface area is 199 Å². The van der Waals surface area contributed by atoms with Crippen LogP contribution in [0.4, 0.5) is 10.5 Å². The summed E-state index contributed by atoms with van der Waals surface area (Å²) in [4.78, 5) is 31.1. The number of nitrogens with two attached hydrogens (primary N) is 1. The average Bonchev–Trinajstić information content (AvgIpc) is 3.20. The van der Waals surface area contributed by atoms with Crippen molar-refractivity contribution in [3.8, 4) is 0 Å². The van der Waals surface area contributed by atoms with Gasteiger partial charge >= 0.3 is 12.1 Å². The van der Waals surface area contributed by atoms with Crippen LogP contribution in [0.2, 0.25) is 0 Å². The lowest BCUT2D eigenvalue weighted by Crippen LogP contribution is -2.57. The number of piperazine rings is 1. The summed E-state index contributed by atoms with van der Waals surface area (Å²) in [6.45, 7) is 5.81. The van der Waals surface area contributed by atoms with Gasteiger partial charge in [-0.25, -0.2) is 4.79 Å². The Bertz CT molecular complexity index is 1010. The van der Waals surface area contributed by atoms with E-state index in [0.717, 1.165) is 18.7 Å². The number of anilines is 1. The zero-order chi connectivity index (χ0) is 24.1. The van der Waals surface area contributed by atoms with Crippen LogP contribution in [0.3, 0.4) is 0 Å². The van der Waals surface area contributed by atoms with Gasteiger partial charge in [0, 0.05) is 44.0 Å². The first-order chi connectivity index (χ1) is 16.4. The Morgan fingerprint density at radius 3 is 2.53 bits per heavy atom. The maximum absolute atomic E-state index is 12.7. The predicted molar refractivity (Wildman–Crippen MR) is 129 cm³/mol. The molecular weight excluding hydrogens is 434 g/mol. The zero-order valence-electron chi connectivity index (χ0n) is 19.4. The highest BCUT2D eigenvalue weighted by molar-refractivity contribution is 5.96. The average molecular weight is 466 g/mol. The van der Waals surface area contributed by atoms with Crippen LogP contribution in [-0.4, -0.2) is 79.2 Å². The van der Waals surface area contributed by atoms with Gasteiger partial charge < -0.3 is 15.2 Å². The second-order valence-corrected chi connectivity index (χ2v) is 8.56. The first kappa shape index (κ1) is 23.7. The third-order valence-electron chi connectivity index (χ3n) is 6.19. The molecule has 2 heterocycles. The maximum atomic E-state index is 12.7. The van der Waals surface area contributed by atoms with Crippen LogP contribution in [0.15, 0.2) is 54.6 Å². The molecule has 0 spiro atoms. The topological polar surface area (TPSA) is 112 Å². The van der Waals surface area contributed by atoms with Gasteiger partial charge in [-0.3, -0.25) is 24.9 Å². The van der Waals surface area contributed by atoms with Gasteiger partial charge in [0.25, 0.3) is 0 Å². The number of amides is 1. The molecule has 0 bridgehead atoms. The lowest BCUT2D eigenvalue weighted by molar-refractivity contribution is -0.152. The van der Waals surface area contributed by atoms with E-state index in [1.807, 2.05) is 25.1 Å². The van der Waals surface area contributed by atoms with E-state index in [-0.39, 0.29) is 24.0 Å². The predicted octanol–water partition coefficient (Wildman–Crippen LogP) is 2.05. The molecule has 0 saturated carbocycles. The highest BCUT2D eigenvalue weighted by Gasteiger charge is 2.38. The minimum Gasteiger partial charge on any atom is -0.465 e. The van der Waals surface area contributed by atoms with Crippen molar-refractivity contribution >= 4 is 23.6 Å². The summed E-state index contributed by atoms with van der Waals surface area (Å²) in [6.07, 6.45) is -0.700. The summed E-state index contributed by atoms with van der Waals surface area (Å²) < 4.78 is 11.0. The number of rotatable bonds is 8. The number of nitrogen functional groups attached to an aromatic ring is 1. The van der Waals surface area contributed by atoms with Gasteiger partial charge in [-0.1, -0.05) is 30.3 Å². The number of nitrogens with zero attached hydrogens (tertiary/aromatic N) is 3. The molecule has 0 aliphatic carbocycles. The third kappa shape index (κ3) is 5.55. The number of ether oxygens (including phenoxy) is 2. The Morgan fingerprint density at radius 1 is 1.12 bits per heavy atom. The summed E-state index contributed by atoms with van der Waals surface area (Å²) in [6, 6.07) is 16.7. The first-order valence-corrected chi connectivity index (χ1v) is 11.5. The van der Waals surface area contributed by atoms with Crippen molar-refractivity contribution in [2.45, 2.75) is 25.6 Å². The van der Waals surface area contributed by atoms with Crippen LogP contribution >= 0.6 is 0 Å². The summed E-state index contributed by atoms with van der Waals surface area (Å²) >= 11 is 0. The van der Waals surface area contributed by atoms with E-state index in [1.165, 1.54) is 0 Å². The van der Waals surface area contributed by atoms with Crippen LogP contribution in [0.1, 0.15) is 18.1 Å². The van der Waals surface area contributed by atoms with Gasteiger partial charge in [-0.2, -0.15) is 0 Å². The molecule has 2 aromatic rings. The molecule has 2 aliphatic rings. The lowest BCUT2D eigenvalue weighted by Gasteiger charge is -2.40. The van der Waals surface area contributed by atoms with E-state index in [2.05, 4.69) is 21.9 Å². The quantitative estimate of drug-likeness (QED) is 0.349. The monoisotopic (exact) mass is 465 g/mol. The molecule has 4 rings (SSSR count). The molecule has 2 fully saturated rings. The van der Waals surface area contributed by atoms with Crippen molar-refractivity contribution in [2.75, 3.05) is 44.2 Å². The lowest BCUT2D eigenvalue weighted by atomic mass is 10.1. The number of esters is 1. The van der Waals surface area contributed by atoms with Gasteiger partial charge in [0.2, 0.25) is 0 Å². The van der Waals surface area contributed by atoms with Crippen LogP contribution < -0.4 is 10.6 Å². The number of carbonyl (C=O) groups excluding carboxylic acids is 2. The molecule has 34 heavy (non-hydrogen) atoms. The fourth-order valence-corrected chi connectivity index (χ4v) is 4.45. The van der Waals surface area contributed by atoms with Crippen molar-refractivity contribution in [1.29, 1.82) is 5.41 Å². The van der Waals surface area contributed by atoms with E-state index in [9.17, 15) is 9.59 Å². The number of amidine groups is 1. The van der Waals surface area contributed by atoms with Gasteiger partial charge in [0.1, 0.15) is 18.0 Å². The van der Waals surface area contributed by atoms with E-state index in [0.29, 0.717) is 44.0 Å². The molecule has 9 heteroatoms. The highest BCUT2D eigenvalue weighted by atomic mass is 16.6. The maximum Gasteiger partial charge on any atom is 0.414 e. The summed E-state index contributed by atoms with van der Waals surface area (Å²) in [5, 5.41) is 7.51. The second-order valence-electron chi connectivity index (χ2n) is 8.56. The van der Waals surface area contributed by atoms with Crippen molar-refractivity contribution < 1.29 is 19.1 Å². The third-order valence-corrected chi connectivity index (χ3v) is 6.19. The smallest absolute Gasteiger partial charge is 0.414 e. The van der Waals surface area contributed by atoms with Crippen LogP contribution in [0.25, 0.3) is 0 Å². The largest absolute Gasteiger partial charge is 0.465 e. The molecular formula is C25H31N5O4.